The number of hydrogen-bond donors (Lipinski definition) is 0. The van der Waals surface area contributed by atoms with Crippen LogP contribution >= 0.6 is 0 Å². The first-order chi connectivity index (χ1) is 4.24. The summed E-state index contributed by atoms with van der Waals surface area (Å²) in [5.74, 6) is 0.847. The minimum atomic E-state index is 0.555. The number of ether oxygens (including phenoxy) is 1. The van der Waals surface area contributed by atoms with Crippen LogP contribution in [-0.4, -0.2) is 12.2 Å². The minimum Gasteiger partial charge on any atom is -0.370 e. The van der Waals surface area contributed by atoms with Crippen molar-refractivity contribution in [2.45, 2.75) is 45.8 Å². The van der Waals surface area contributed by atoms with Gasteiger partial charge in [-0.1, -0.05) is 20.3 Å². The lowest BCUT2D eigenvalue weighted by Gasteiger charge is -2.03. The van der Waals surface area contributed by atoms with Crippen molar-refractivity contribution in [3.05, 3.63) is 0 Å². The highest BCUT2D eigenvalue weighted by Crippen LogP contribution is 2.28. The van der Waals surface area contributed by atoms with Gasteiger partial charge < -0.3 is 4.74 Å². The van der Waals surface area contributed by atoms with E-state index in [9.17, 15) is 0 Å². The molecule has 0 aliphatic carbocycles. The monoisotopic (exact) mass is 128 g/mol. The Bertz CT molecular complexity index is 88.6. The molecule has 3 unspecified atom stereocenters. The molecule has 0 amide bonds. The Hall–Kier alpha value is -0.0400. The summed E-state index contributed by atoms with van der Waals surface area (Å²) in [6.45, 7) is 6.67. The summed E-state index contributed by atoms with van der Waals surface area (Å²) < 4.78 is 5.29. The third kappa shape index (κ3) is 1.98. The molecule has 1 rings (SSSR count). The van der Waals surface area contributed by atoms with Crippen molar-refractivity contribution in [3.63, 3.8) is 0 Å². The van der Waals surface area contributed by atoms with Gasteiger partial charge in [-0.3, -0.25) is 0 Å². The maximum absolute atomic E-state index is 5.29. The smallest absolute Gasteiger partial charge is 0.0841 e. The van der Waals surface area contributed by atoms with Crippen molar-refractivity contribution in [3.8, 4) is 0 Å². The van der Waals surface area contributed by atoms with E-state index in [1.165, 1.54) is 12.8 Å². The SMILES string of the molecule is CCC(C)CC1OC1C. The number of epoxide rings is 1. The molecule has 0 bridgehead atoms. The van der Waals surface area contributed by atoms with Gasteiger partial charge in [-0.05, 0) is 19.3 Å². The fraction of sp³-hybridized carbons (Fsp3) is 1.00. The normalized spacial score (nSPS) is 36.3. The van der Waals surface area contributed by atoms with E-state index in [0.717, 1.165) is 5.92 Å². The first-order valence-electron chi connectivity index (χ1n) is 3.89. The van der Waals surface area contributed by atoms with Crippen LogP contribution in [0.2, 0.25) is 0 Å². The van der Waals surface area contributed by atoms with Crippen LogP contribution in [0.25, 0.3) is 0 Å². The second-order valence-corrected chi connectivity index (χ2v) is 3.13. The molecule has 0 spiro atoms. The fourth-order valence-corrected chi connectivity index (χ4v) is 1.04. The second-order valence-electron chi connectivity index (χ2n) is 3.13. The molecular formula is C8H16O. The summed E-state index contributed by atoms with van der Waals surface area (Å²) in [7, 11) is 0. The summed E-state index contributed by atoms with van der Waals surface area (Å²) in [5.41, 5.74) is 0. The van der Waals surface area contributed by atoms with E-state index in [1.807, 2.05) is 0 Å². The molecule has 0 aromatic rings. The van der Waals surface area contributed by atoms with Gasteiger partial charge in [-0.2, -0.15) is 0 Å². The summed E-state index contributed by atoms with van der Waals surface area (Å²) in [4.78, 5) is 0. The van der Waals surface area contributed by atoms with E-state index < -0.39 is 0 Å². The molecule has 9 heavy (non-hydrogen) atoms. The first kappa shape index (κ1) is 7.07. The van der Waals surface area contributed by atoms with Gasteiger partial charge in [0, 0.05) is 0 Å². The molecule has 0 aromatic heterocycles. The Labute approximate surface area is 57.4 Å². The lowest BCUT2D eigenvalue weighted by molar-refractivity contribution is 0.343. The maximum Gasteiger partial charge on any atom is 0.0841 e. The molecule has 1 aliphatic rings. The molecule has 1 heterocycles. The molecule has 1 saturated heterocycles. The summed E-state index contributed by atoms with van der Waals surface area (Å²) in [5, 5.41) is 0. The molecule has 0 saturated carbocycles. The average molecular weight is 128 g/mol. The Balaban J connectivity index is 2.05. The summed E-state index contributed by atoms with van der Waals surface area (Å²) >= 11 is 0. The van der Waals surface area contributed by atoms with E-state index in [2.05, 4.69) is 20.8 Å². The first-order valence-corrected chi connectivity index (χ1v) is 3.89. The predicted molar refractivity (Wildman–Crippen MR) is 38.4 cm³/mol. The van der Waals surface area contributed by atoms with E-state index in [4.69, 9.17) is 4.74 Å². The van der Waals surface area contributed by atoms with Crippen LogP contribution in [0.3, 0.4) is 0 Å². The molecular weight excluding hydrogens is 112 g/mol. The molecule has 1 aliphatic heterocycles. The Morgan fingerprint density at radius 2 is 2.11 bits per heavy atom. The molecule has 1 nitrogen and oxygen atoms in total. The summed E-state index contributed by atoms with van der Waals surface area (Å²) in [6, 6.07) is 0. The van der Waals surface area contributed by atoms with Crippen LogP contribution in [0.4, 0.5) is 0 Å². The van der Waals surface area contributed by atoms with Crippen molar-refractivity contribution < 1.29 is 4.74 Å². The second kappa shape index (κ2) is 2.70. The highest BCUT2D eigenvalue weighted by atomic mass is 16.6. The quantitative estimate of drug-likeness (QED) is 0.531. The van der Waals surface area contributed by atoms with Crippen molar-refractivity contribution in [2.75, 3.05) is 0 Å². The van der Waals surface area contributed by atoms with Gasteiger partial charge in [0.1, 0.15) is 0 Å². The zero-order valence-electron chi connectivity index (χ0n) is 6.55. The predicted octanol–water partition coefficient (Wildman–Crippen LogP) is 2.21. The van der Waals surface area contributed by atoms with Crippen molar-refractivity contribution >= 4 is 0 Å². The van der Waals surface area contributed by atoms with Crippen LogP contribution in [0.1, 0.15) is 33.6 Å². The van der Waals surface area contributed by atoms with Crippen molar-refractivity contribution in [1.82, 2.24) is 0 Å². The van der Waals surface area contributed by atoms with E-state index in [0.29, 0.717) is 12.2 Å². The highest BCUT2D eigenvalue weighted by Gasteiger charge is 2.34. The van der Waals surface area contributed by atoms with Crippen LogP contribution < -0.4 is 0 Å². The van der Waals surface area contributed by atoms with Crippen LogP contribution in [0.15, 0.2) is 0 Å². The zero-order valence-corrected chi connectivity index (χ0v) is 6.55. The lowest BCUT2D eigenvalue weighted by Crippen LogP contribution is -1.98. The van der Waals surface area contributed by atoms with E-state index in [-0.39, 0.29) is 0 Å². The Kier molecular flexibility index (Phi) is 2.12. The lowest BCUT2D eigenvalue weighted by atomic mass is 10.0. The van der Waals surface area contributed by atoms with Crippen LogP contribution in [0, 0.1) is 5.92 Å². The molecule has 1 fully saturated rings. The van der Waals surface area contributed by atoms with Gasteiger partial charge >= 0.3 is 0 Å². The minimum absolute atomic E-state index is 0.555. The van der Waals surface area contributed by atoms with Gasteiger partial charge in [0.15, 0.2) is 0 Å². The van der Waals surface area contributed by atoms with Gasteiger partial charge in [0.05, 0.1) is 12.2 Å². The third-order valence-electron chi connectivity index (χ3n) is 2.17. The Morgan fingerprint density at radius 1 is 1.56 bits per heavy atom. The van der Waals surface area contributed by atoms with Gasteiger partial charge in [0.2, 0.25) is 0 Å². The molecule has 54 valence electrons. The topological polar surface area (TPSA) is 12.5 Å². The third-order valence-corrected chi connectivity index (χ3v) is 2.17. The van der Waals surface area contributed by atoms with E-state index in [1.54, 1.807) is 0 Å². The van der Waals surface area contributed by atoms with Crippen LogP contribution in [-0.2, 0) is 4.74 Å². The molecule has 0 N–H and O–H groups in total. The molecule has 0 aromatic carbocycles. The maximum atomic E-state index is 5.29. The standard InChI is InChI=1S/C8H16O/c1-4-6(2)5-8-7(3)9-8/h6-8H,4-5H2,1-3H3. The van der Waals surface area contributed by atoms with Gasteiger partial charge in [-0.25, -0.2) is 0 Å². The molecule has 0 radical (unpaired) electrons. The summed E-state index contributed by atoms with van der Waals surface area (Å²) in [6.07, 6.45) is 3.70. The Morgan fingerprint density at radius 3 is 2.44 bits per heavy atom. The number of rotatable bonds is 3. The van der Waals surface area contributed by atoms with E-state index >= 15 is 0 Å². The van der Waals surface area contributed by atoms with Gasteiger partial charge in [-0.15, -0.1) is 0 Å². The largest absolute Gasteiger partial charge is 0.370 e. The zero-order chi connectivity index (χ0) is 6.85. The number of hydrogen-bond acceptors (Lipinski definition) is 1. The molecule has 1 heteroatoms. The highest BCUT2D eigenvalue weighted by molar-refractivity contribution is 4.81. The van der Waals surface area contributed by atoms with Gasteiger partial charge in [0.25, 0.3) is 0 Å². The molecule has 3 atom stereocenters. The van der Waals surface area contributed by atoms with Crippen molar-refractivity contribution in [2.24, 2.45) is 5.92 Å². The van der Waals surface area contributed by atoms with Crippen LogP contribution in [0.5, 0.6) is 0 Å². The average Bonchev–Trinajstić information content (AvgIpc) is 2.47. The fourth-order valence-electron chi connectivity index (χ4n) is 1.04. The van der Waals surface area contributed by atoms with Crippen molar-refractivity contribution in [1.29, 1.82) is 0 Å².